The molecule has 1 rings (SSSR count). The molecule has 8 heteroatoms. The van der Waals surface area contributed by atoms with Gasteiger partial charge >= 0.3 is 0 Å². The lowest BCUT2D eigenvalue weighted by Crippen LogP contribution is -2.33. The number of aromatic nitrogens is 2. The Labute approximate surface area is 119 Å². The Hall–Kier alpha value is -0.760. The fourth-order valence-corrected chi connectivity index (χ4v) is 3.07. The summed E-state index contributed by atoms with van der Waals surface area (Å²) in [6, 6.07) is 0. The Morgan fingerprint density at radius 2 is 1.79 bits per heavy atom. The first kappa shape index (κ1) is 16.3. The van der Waals surface area contributed by atoms with E-state index in [2.05, 4.69) is 9.97 Å². The van der Waals surface area contributed by atoms with E-state index in [4.69, 9.17) is 11.6 Å². The number of rotatable bonds is 7. The Bertz CT molecular complexity index is 490. The van der Waals surface area contributed by atoms with E-state index in [1.807, 2.05) is 25.9 Å². The molecule has 0 bridgehead atoms. The SMILES string of the molecule is CCN(CCCN(C)C)S(=O)(=O)c1cnc(Cl)nc1. The molecule has 0 aliphatic carbocycles. The van der Waals surface area contributed by atoms with Crippen molar-refractivity contribution in [1.82, 2.24) is 19.2 Å². The smallest absolute Gasteiger partial charge is 0.246 e. The molecule has 1 aromatic rings. The van der Waals surface area contributed by atoms with Crippen LogP contribution in [0.3, 0.4) is 0 Å². The van der Waals surface area contributed by atoms with Gasteiger partial charge < -0.3 is 4.90 Å². The van der Waals surface area contributed by atoms with Crippen LogP contribution in [0, 0.1) is 0 Å². The summed E-state index contributed by atoms with van der Waals surface area (Å²) in [6.07, 6.45) is 3.24. The van der Waals surface area contributed by atoms with Gasteiger partial charge in [-0.05, 0) is 38.7 Å². The van der Waals surface area contributed by atoms with Gasteiger partial charge in [0, 0.05) is 13.1 Å². The minimum absolute atomic E-state index is 0.0367. The number of sulfonamides is 1. The molecule has 1 aromatic heterocycles. The van der Waals surface area contributed by atoms with E-state index in [9.17, 15) is 8.42 Å². The molecule has 0 aliphatic heterocycles. The van der Waals surface area contributed by atoms with Crippen molar-refractivity contribution in [3.8, 4) is 0 Å². The van der Waals surface area contributed by atoms with Crippen molar-refractivity contribution >= 4 is 21.6 Å². The number of nitrogens with zero attached hydrogens (tertiary/aromatic N) is 4. The molecule has 0 unspecified atom stereocenters. The van der Waals surface area contributed by atoms with Gasteiger partial charge in [-0.1, -0.05) is 6.92 Å². The van der Waals surface area contributed by atoms with Crippen molar-refractivity contribution in [3.05, 3.63) is 17.7 Å². The van der Waals surface area contributed by atoms with Crippen molar-refractivity contribution in [2.24, 2.45) is 0 Å². The van der Waals surface area contributed by atoms with E-state index in [0.29, 0.717) is 13.1 Å². The lowest BCUT2D eigenvalue weighted by molar-refractivity contribution is 0.356. The molecule has 0 aliphatic rings. The molecule has 0 saturated heterocycles. The first-order valence-electron chi connectivity index (χ1n) is 6.00. The summed E-state index contributed by atoms with van der Waals surface area (Å²) in [5.41, 5.74) is 0. The highest BCUT2D eigenvalue weighted by atomic mass is 35.5. The molecular formula is C11H19ClN4O2S. The second-order valence-corrected chi connectivity index (χ2v) is 6.62. The largest absolute Gasteiger partial charge is 0.309 e. The molecule has 0 aromatic carbocycles. The van der Waals surface area contributed by atoms with Crippen LogP contribution >= 0.6 is 11.6 Å². The Kier molecular flexibility index (Phi) is 6.12. The summed E-state index contributed by atoms with van der Waals surface area (Å²) < 4.78 is 26.1. The Morgan fingerprint density at radius 1 is 1.21 bits per heavy atom. The third kappa shape index (κ3) is 4.68. The van der Waals surface area contributed by atoms with Gasteiger partial charge in [0.15, 0.2) is 0 Å². The number of halogens is 1. The maximum absolute atomic E-state index is 12.3. The monoisotopic (exact) mass is 306 g/mol. The van der Waals surface area contributed by atoms with Crippen LogP contribution in [-0.2, 0) is 10.0 Å². The van der Waals surface area contributed by atoms with E-state index in [0.717, 1.165) is 13.0 Å². The maximum Gasteiger partial charge on any atom is 0.246 e. The van der Waals surface area contributed by atoms with E-state index in [1.54, 1.807) is 0 Å². The molecule has 0 spiro atoms. The molecule has 6 nitrogen and oxygen atoms in total. The lowest BCUT2D eigenvalue weighted by atomic mass is 10.4. The second-order valence-electron chi connectivity index (χ2n) is 4.34. The van der Waals surface area contributed by atoms with Crippen LogP contribution in [0.5, 0.6) is 0 Å². The van der Waals surface area contributed by atoms with Gasteiger partial charge in [0.05, 0.1) is 12.4 Å². The van der Waals surface area contributed by atoms with E-state index < -0.39 is 10.0 Å². The second kappa shape index (κ2) is 7.14. The standard InChI is InChI=1S/C11H19ClN4O2S/c1-4-16(7-5-6-15(2)3)19(17,18)10-8-13-11(12)14-9-10/h8-9H,4-7H2,1-3H3. The third-order valence-electron chi connectivity index (χ3n) is 2.60. The normalized spacial score (nSPS) is 12.3. The molecular weight excluding hydrogens is 288 g/mol. The fourth-order valence-electron chi connectivity index (χ4n) is 1.59. The minimum Gasteiger partial charge on any atom is -0.309 e. The zero-order chi connectivity index (χ0) is 14.5. The minimum atomic E-state index is -3.53. The van der Waals surface area contributed by atoms with Crippen LogP contribution in [0.2, 0.25) is 5.28 Å². The van der Waals surface area contributed by atoms with Crippen molar-refractivity contribution in [1.29, 1.82) is 0 Å². The molecule has 0 N–H and O–H groups in total. The molecule has 1 heterocycles. The predicted octanol–water partition coefficient (Wildman–Crippen LogP) is 1.09. The molecule has 108 valence electrons. The Morgan fingerprint density at radius 3 is 2.26 bits per heavy atom. The van der Waals surface area contributed by atoms with Crippen LogP contribution in [0.25, 0.3) is 0 Å². The van der Waals surface area contributed by atoms with Crippen LogP contribution in [-0.4, -0.2) is 61.3 Å². The summed E-state index contributed by atoms with van der Waals surface area (Å²) in [4.78, 5) is 9.51. The quantitative estimate of drug-likeness (QED) is 0.706. The van der Waals surface area contributed by atoms with Crippen molar-refractivity contribution < 1.29 is 8.42 Å². The molecule has 0 radical (unpaired) electrons. The first-order valence-corrected chi connectivity index (χ1v) is 7.82. The van der Waals surface area contributed by atoms with Crippen molar-refractivity contribution in [3.63, 3.8) is 0 Å². The number of hydrogen-bond donors (Lipinski definition) is 0. The highest BCUT2D eigenvalue weighted by molar-refractivity contribution is 7.89. The van der Waals surface area contributed by atoms with Crippen molar-refractivity contribution in [2.45, 2.75) is 18.2 Å². The molecule has 0 saturated carbocycles. The topological polar surface area (TPSA) is 66.4 Å². The Balaban J connectivity index is 2.80. The van der Waals surface area contributed by atoms with E-state index >= 15 is 0 Å². The van der Waals surface area contributed by atoms with Crippen LogP contribution in [0.1, 0.15) is 13.3 Å². The number of hydrogen-bond acceptors (Lipinski definition) is 5. The summed E-state index contributed by atoms with van der Waals surface area (Å²) in [5.74, 6) is 0. The maximum atomic E-state index is 12.3. The van der Waals surface area contributed by atoms with Gasteiger partial charge in [-0.15, -0.1) is 0 Å². The van der Waals surface area contributed by atoms with Gasteiger partial charge in [-0.25, -0.2) is 18.4 Å². The molecule has 0 atom stereocenters. The highest BCUT2D eigenvalue weighted by Crippen LogP contribution is 2.14. The van der Waals surface area contributed by atoms with Gasteiger partial charge in [-0.2, -0.15) is 4.31 Å². The van der Waals surface area contributed by atoms with E-state index in [-0.39, 0.29) is 10.2 Å². The molecule has 19 heavy (non-hydrogen) atoms. The van der Waals surface area contributed by atoms with Gasteiger partial charge in [0.2, 0.25) is 15.3 Å². The van der Waals surface area contributed by atoms with Gasteiger partial charge in [0.1, 0.15) is 4.90 Å². The van der Waals surface area contributed by atoms with Crippen LogP contribution < -0.4 is 0 Å². The van der Waals surface area contributed by atoms with Gasteiger partial charge in [-0.3, -0.25) is 0 Å². The summed E-state index contributed by atoms with van der Waals surface area (Å²) in [5, 5.41) is 0.0367. The zero-order valence-corrected chi connectivity index (χ0v) is 12.9. The fraction of sp³-hybridized carbons (Fsp3) is 0.636. The third-order valence-corrected chi connectivity index (χ3v) is 4.72. The highest BCUT2D eigenvalue weighted by Gasteiger charge is 2.23. The van der Waals surface area contributed by atoms with Crippen LogP contribution in [0.15, 0.2) is 17.3 Å². The zero-order valence-electron chi connectivity index (χ0n) is 11.4. The average Bonchev–Trinajstić information content (AvgIpc) is 2.34. The lowest BCUT2D eigenvalue weighted by Gasteiger charge is -2.21. The van der Waals surface area contributed by atoms with Crippen molar-refractivity contribution in [2.75, 3.05) is 33.7 Å². The summed E-state index contributed by atoms with van der Waals surface area (Å²) in [6.45, 7) is 3.53. The first-order chi connectivity index (χ1) is 8.87. The van der Waals surface area contributed by atoms with Crippen LogP contribution in [0.4, 0.5) is 0 Å². The summed E-state index contributed by atoms with van der Waals surface area (Å²) >= 11 is 5.56. The molecule has 0 fully saturated rings. The summed E-state index contributed by atoms with van der Waals surface area (Å²) in [7, 11) is 0.378. The van der Waals surface area contributed by atoms with Gasteiger partial charge in [0.25, 0.3) is 0 Å². The molecule has 0 amide bonds. The van der Waals surface area contributed by atoms with E-state index in [1.165, 1.54) is 16.7 Å². The predicted molar refractivity (Wildman–Crippen MR) is 74.6 cm³/mol. The average molecular weight is 307 g/mol.